The van der Waals surface area contributed by atoms with Gasteiger partial charge in [-0.1, -0.05) is 25.0 Å². The van der Waals surface area contributed by atoms with Gasteiger partial charge in [0.1, 0.15) is 11.6 Å². The van der Waals surface area contributed by atoms with E-state index < -0.39 is 0 Å². The normalized spacial score (nSPS) is 10.4. The minimum atomic E-state index is -0.222. The summed E-state index contributed by atoms with van der Waals surface area (Å²) in [5.74, 6) is 3.51. The van der Waals surface area contributed by atoms with E-state index >= 15 is 0 Å². The zero-order valence-electron chi connectivity index (χ0n) is 16.3. The Hall–Kier alpha value is -3.52. The summed E-state index contributed by atoms with van der Waals surface area (Å²) in [6, 6.07) is 11.2. The predicted octanol–water partition coefficient (Wildman–Crippen LogP) is 3.88. The average Bonchev–Trinajstić information content (AvgIpc) is 2.69. The van der Waals surface area contributed by atoms with Crippen LogP contribution in [0.4, 0.5) is 5.82 Å². The Morgan fingerprint density at radius 1 is 1.14 bits per heavy atom. The number of anilines is 1. The molecule has 0 aliphatic heterocycles. The standard InChI is InChI=1S/C23H22N4O/c1-5-17-9-10-24-21(13-17)27-23(28)20-12-18(8-7-15(20)3)14-22-25-16(4)11-19(6-2)26-22/h1,7-13H,6,14H2,2-4H3,(H,24,27,28). The number of nitrogens with zero attached hydrogens (tertiary/aromatic N) is 3. The van der Waals surface area contributed by atoms with Crippen LogP contribution in [-0.4, -0.2) is 20.9 Å². The van der Waals surface area contributed by atoms with Crippen LogP contribution >= 0.6 is 0 Å². The van der Waals surface area contributed by atoms with Crippen LogP contribution in [0.3, 0.4) is 0 Å². The number of carbonyl (C=O) groups excluding carboxylic acids is 1. The number of rotatable bonds is 5. The first-order chi connectivity index (χ1) is 13.5. The van der Waals surface area contributed by atoms with Crippen molar-refractivity contribution in [2.75, 3.05) is 5.32 Å². The smallest absolute Gasteiger partial charge is 0.257 e. The lowest BCUT2D eigenvalue weighted by atomic mass is 10.0. The number of carbonyl (C=O) groups is 1. The van der Waals surface area contributed by atoms with Crippen LogP contribution in [0.25, 0.3) is 0 Å². The summed E-state index contributed by atoms with van der Waals surface area (Å²) in [5, 5.41) is 2.82. The molecule has 2 aromatic heterocycles. The van der Waals surface area contributed by atoms with Crippen LogP contribution in [0.2, 0.25) is 0 Å². The van der Waals surface area contributed by atoms with E-state index in [2.05, 4.69) is 33.1 Å². The molecule has 2 heterocycles. The van der Waals surface area contributed by atoms with Gasteiger partial charge in [-0.25, -0.2) is 15.0 Å². The summed E-state index contributed by atoms with van der Waals surface area (Å²) in [4.78, 5) is 26.0. The third kappa shape index (κ3) is 4.60. The lowest BCUT2D eigenvalue weighted by Gasteiger charge is -2.10. The first-order valence-electron chi connectivity index (χ1n) is 9.15. The molecule has 1 amide bonds. The summed E-state index contributed by atoms with van der Waals surface area (Å²) in [6.07, 6.45) is 8.42. The molecule has 0 fully saturated rings. The topological polar surface area (TPSA) is 67.8 Å². The van der Waals surface area contributed by atoms with Crippen LogP contribution < -0.4 is 5.32 Å². The van der Waals surface area contributed by atoms with Crippen LogP contribution in [0.1, 0.15) is 51.2 Å². The minimum absolute atomic E-state index is 0.222. The fraction of sp³-hybridized carbons (Fsp3) is 0.217. The number of hydrogen-bond acceptors (Lipinski definition) is 4. The first-order valence-corrected chi connectivity index (χ1v) is 9.15. The Labute approximate surface area is 165 Å². The Kier molecular flexibility index (Phi) is 5.81. The summed E-state index contributed by atoms with van der Waals surface area (Å²) in [7, 11) is 0. The molecule has 0 bridgehead atoms. The second kappa shape index (κ2) is 8.45. The van der Waals surface area contributed by atoms with Gasteiger partial charge in [0.25, 0.3) is 5.91 Å². The van der Waals surface area contributed by atoms with E-state index in [1.165, 1.54) is 0 Å². The van der Waals surface area contributed by atoms with E-state index in [1.807, 2.05) is 38.1 Å². The van der Waals surface area contributed by atoms with Crippen molar-refractivity contribution in [3.8, 4) is 12.3 Å². The van der Waals surface area contributed by atoms with Gasteiger partial charge in [0.2, 0.25) is 0 Å². The van der Waals surface area contributed by atoms with E-state index in [0.717, 1.165) is 34.8 Å². The molecule has 0 aliphatic rings. The van der Waals surface area contributed by atoms with Crippen molar-refractivity contribution in [1.82, 2.24) is 15.0 Å². The maximum atomic E-state index is 12.8. The molecule has 0 radical (unpaired) electrons. The molecule has 28 heavy (non-hydrogen) atoms. The van der Waals surface area contributed by atoms with Crippen molar-refractivity contribution in [1.29, 1.82) is 0 Å². The van der Waals surface area contributed by atoms with Gasteiger partial charge in [-0.2, -0.15) is 0 Å². The fourth-order valence-electron chi connectivity index (χ4n) is 2.94. The highest BCUT2D eigenvalue weighted by atomic mass is 16.1. The molecule has 0 spiro atoms. The highest BCUT2D eigenvalue weighted by Crippen LogP contribution is 2.16. The second-order valence-corrected chi connectivity index (χ2v) is 6.62. The van der Waals surface area contributed by atoms with E-state index in [0.29, 0.717) is 23.4 Å². The molecule has 0 aliphatic carbocycles. The zero-order chi connectivity index (χ0) is 20.1. The van der Waals surface area contributed by atoms with Crippen molar-refractivity contribution in [2.24, 2.45) is 0 Å². The predicted molar refractivity (Wildman–Crippen MR) is 110 cm³/mol. The number of terminal acetylenes is 1. The van der Waals surface area contributed by atoms with Gasteiger partial charge >= 0.3 is 0 Å². The van der Waals surface area contributed by atoms with E-state index in [9.17, 15) is 4.79 Å². The number of amides is 1. The Morgan fingerprint density at radius 2 is 1.96 bits per heavy atom. The van der Waals surface area contributed by atoms with Gasteiger partial charge in [0.15, 0.2) is 0 Å². The Balaban J connectivity index is 1.84. The molecule has 3 rings (SSSR count). The maximum Gasteiger partial charge on any atom is 0.257 e. The fourth-order valence-corrected chi connectivity index (χ4v) is 2.94. The van der Waals surface area contributed by atoms with Gasteiger partial charge < -0.3 is 5.32 Å². The SMILES string of the molecule is C#Cc1ccnc(NC(=O)c2cc(Cc3nc(C)cc(CC)n3)ccc2C)c1. The van der Waals surface area contributed by atoms with E-state index in [-0.39, 0.29) is 5.91 Å². The van der Waals surface area contributed by atoms with Crippen LogP contribution in [0.5, 0.6) is 0 Å². The molecule has 1 aromatic carbocycles. The number of nitrogens with one attached hydrogen (secondary N) is 1. The van der Waals surface area contributed by atoms with Crippen molar-refractivity contribution >= 4 is 11.7 Å². The molecule has 1 N–H and O–H groups in total. The summed E-state index contributed by atoms with van der Waals surface area (Å²) >= 11 is 0. The number of aromatic nitrogens is 3. The summed E-state index contributed by atoms with van der Waals surface area (Å²) < 4.78 is 0. The molecule has 3 aromatic rings. The monoisotopic (exact) mass is 370 g/mol. The number of aryl methyl sites for hydroxylation is 3. The van der Waals surface area contributed by atoms with E-state index in [1.54, 1.807) is 18.3 Å². The van der Waals surface area contributed by atoms with Crippen LogP contribution in [-0.2, 0) is 12.8 Å². The number of pyridine rings is 1. The lowest BCUT2D eigenvalue weighted by molar-refractivity contribution is 0.102. The molecule has 0 atom stereocenters. The quantitative estimate of drug-likeness (QED) is 0.692. The van der Waals surface area contributed by atoms with Gasteiger partial charge in [0.05, 0.1) is 0 Å². The Morgan fingerprint density at radius 3 is 2.71 bits per heavy atom. The van der Waals surface area contributed by atoms with E-state index in [4.69, 9.17) is 6.42 Å². The van der Waals surface area contributed by atoms with Crippen molar-refractivity contribution in [2.45, 2.75) is 33.6 Å². The maximum absolute atomic E-state index is 12.8. The third-order valence-corrected chi connectivity index (χ3v) is 4.39. The molecule has 0 saturated carbocycles. The number of hydrogen-bond donors (Lipinski definition) is 1. The first kappa shape index (κ1) is 19.2. The van der Waals surface area contributed by atoms with Gasteiger partial charge in [0, 0.05) is 35.1 Å². The zero-order valence-corrected chi connectivity index (χ0v) is 16.3. The molecule has 5 nitrogen and oxygen atoms in total. The van der Waals surface area contributed by atoms with Crippen molar-refractivity contribution in [3.05, 3.63) is 82.1 Å². The van der Waals surface area contributed by atoms with Crippen molar-refractivity contribution < 1.29 is 4.79 Å². The van der Waals surface area contributed by atoms with Gasteiger partial charge in [-0.15, -0.1) is 6.42 Å². The lowest BCUT2D eigenvalue weighted by Crippen LogP contribution is -2.15. The van der Waals surface area contributed by atoms with Gasteiger partial charge in [-0.3, -0.25) is 4.79 Å². The highest BCUT2D eigenvalue weighted by Gasteiger charge is 2.12. The molecular weight excluding hydrogens is 348 g/mol. The van der Waals surface area contributed by atoms with Crippen LogP contribution in [0.15, 0.2) is 42.6 Å². The summed E-state index contributed by atoms with van der Waals surface area (Å²) in [6.45, 7) is 5.95. The average molecular weight is 370 g/mol. The third-order valence-electron chi connectivity index (χ3n) is 4.39. The number of benzene rings is 1. The summed E-state index contributed by atoms with van der Waals surface area (Å²) in [5.41, 5.74) is 5.09. The minimum Gasteiger partial charge on any atom is -0.307 e. The molecule has 0 saturated heterocycles. The molecule has 5 heteroatoms. The van der Waals surface area contributed by atoms with Gasteiger partial charge in [-0.05, 0) is 55.7 Å². The molecule has 0 unspecified atom stereocenters. The van der Waals surface area contributed by atoms with Crippen molar-refractivity contribution in [3.63, 3.8) is 0 Å². The second-order valence-electron chi connectivity index (χ2n) is 6.62. The van der Waals surface area contributed by atoms with Crippen LogP contribution in [0, 0.1) is 26.2 Å². The molecular formula is C23H22N4O. The largest absolute Gasteiger partial charge is 0.307 e. The highest BCUT2D eigenvalue weighted by molar-refractivity contribution is 6.05. The molecule has 140 valence electrons. The Bertz CT molecular complexity index is 1070.